The van der Waals surface area contributed by atoms with E-state index in [9.17, 15) is 4.79 Å². The summed E-state index contributed by atoms with van der Waals surface area (Å²) < 4.78 is 5.71. The lowest BCUT2D eigenvalue weighted by atomic mass is 10.1. The van der Waals surface area contributed by atoms with Gasteiger partial charge in [-0.2, -0.15) is 0 Å². The number of nitrogens with one attached hydrogen (secondary N) is 1. The minimum atomic E-state index is -0.00648. The fraction of sp³-hybridized carbons (Fsp3) is 0.400. The molecule has 1 aliphatic heterocycles. The Hall–Kier alpha value is -1.52. The third kappa shape index (κ3) is 2.67. The molecule has 108 valence electrons. The molecule has 1 aliphatic rings. The maximum absolute atomic E-state index is 12.3. The van der Waals surface area contributed by atoms with Crippen molar-refractivity contribution in [3.05, 3.63) is 35.1 Å². The number of benzene rings is 1. The molecule has 1 saturated heterocycles. The second kappa shape index (κ2) is 5.85. The SMILES string of the molecule is Cc1cc2cc(C(=O)N3CCNCC3)oc2cc1C.Cl. The monoisotopic (exact) mass is 294 g/mol. The standard InChI is InChI=1S/C15H18N2O2.ClH/c1-10-7-12-9-14(19-13(12)8-11(10)2)15(18)17-5-3-16-4-6-17;/h7-9,16H,3-6H2,1-2H3;1H. The maximum atomic E-state index is 12.3. The van der Waals surface area contributed by atoms with Crippen LogP contribution in [0.4, 0.5) is 0 Å². The number of piperazine rings is 1. The summed E-state index contributed by atoms with van der Waals surface area (Å²) in [5.74, 6) is 0.440. The maximum Gasteiger partial charge on any atom is 0.289 e. The zero-order valence-electron chi connectivity index (χ0n) is 11.7. The van der Waals surface area contributed by atoms with Crippen molar-refractivity contribution in [3.63, 3.8) is 0 Å². The fourth-order valence-corrected chi connectivity index (χ4v) is 2.43. The number of hydrogen-bond acceptors (Lipinski definition) is 3. The Balaban J connectivity index is 0.00000147. The van der Waals surface area contributed by atoms with Gasteiger partial charge in [0.15, 0.2) is 5.76 Å². The summed E-state index contributed by atoms with van der Waals surface area (Å²) in [6, 6.07) is 5.92. The number of amides is 1. The van der Waals surface area contributed by atoms with Crippen molar-refractivity contribution in [2.24, 2.45) is 0 Å². The van der Waals surface area contributed by atoms with Crippen molar-refractivity contribution in [1.82, 2.24) is 10.2 Å². The third-order valence-electron chi connectivity index (χ3n) is 3.75. The van der Waals surface area contributed by atoms with Gasteiger partial charge < -0.3 is 14.6 Å². The van der Waals surface area contributed by atoms with E-state index >= 15 is 0 Å². The first kappa shape index (κ1) is 14.9. The summed E-state index contributed by atoms with van der Waals surface area (Å²) in [7, 11) is 0. The van der Waals surface area contributed by atoms with Crippen LogP contribution >= 0.6 is 12.4 Å². The lowest BCUT2D eigenvalue weighted by Gasteiger charge is -2.26. The van der Waals surface area contributed by atoms with E-state index in [0.29, 0.717) is 5.76 Å². The second-order valence-corrected chi connectivity index (χ2v) is 5.13. The Labute approximate surface area is 124 Å². The number of aryl methyl sites for hydroxylation is 2. The molecule has 4 nitrogen and oxygen atoms in total. The molecule has 2 heterocycles. The van der Waals surface area contributed by atoms with Crippen LogP contribution in [-0.2, 0) is 0 Å². The molecule has 3 rings (SSSR count). The molecule has 0 radical (unpaired) electrons. The number of nitrogens with zero attached hydrogens (tertiary/aromatic N) is 1. The number of fused-ring (bicyclic) bond motifs is 1. The topological polar surface area (TPSA) is 45.5 Å². The average Bonchev–Trinajstić information content (AvgIpc) is 2.82. The third-order valence-corrected chi connectivity index (χ3v) is 3.75. The Bertz CT molecular complexity index is 591. The lowest BCUT2D eigenvalue weighted by Crippen LogP contribution is -2.46. The van der Waals surface area contributed by atoms with Gasteiger partial charge in [0, 0.05) is 31.6 Å². The first-order valence-corrected chi connectivity index (χ1v) is 6.66. The molecular formula is C15H19ClN2O2. The first-order valence-electron chi connectivity index (χ1n) is 6.66. The number of carbonyl (C=O) groups excluding carboxylic acids is 1. The van der Waals surface area contributed by atoms with Gasteiger partial charge in [0.25, 0.3) is 5.91 Å². The molecule has 0 unspecified atom stereocenters. The number of halogens is 1. The zero-order valence-corrected chi connectivity index (χ0v) is 12.5. The van der Waals surface area contributed by atoms with Crippen molar-refractivity contribution in [2.45, 2.75) is 13.8 Å². The summed E-state index contributed by atoms with van der Waals surface area (Å²) in [5, 5.41) is 4.24. The quantitative estimate of drug-likeness (QED) is 0.879. The lowest BCUT2D eigenvalue weighted by molar-refractivity contribution is 0.0706. The van der Waals surface area contributed by atoms with Crippen LogP contribution in [0.25, 0.3) is 11.0 Å². The highest BCUT2D eigenvalue weighted by Crippen LogP contribution is 2.24. The van der Waals surface area contributed by atoms with Crippen LogP contribution in [0.2, 0.25) is 0 Å². The van der Waals surface area contributed by atoms with Gasteiger partial charge in [-0.15, -0.1) is 12.4 Å². The highest BCUT2D eigenvalue weighted by atomic mass is 35.5. The van der Waals surface area contributed by atoms with E-state index in [0.717, 1.165) is 37.1 Å². The summed E-state index contributed by atoms with van der Waals surface area (Å²) >= 11 is 0. The minimum absolute atomic E-state index is 0. The molecule has 0 spiro atoms. The van der Waals surface area contributed by atoms with Gasteiger partial charge in [-0.05, 0) is 43.2 Å². The van der Waals surface area contributed by atoms with Crippen LogP contribution in [0.3, 0.4) is 0 Å². The Kier molecular flexibility index (Phi) is 4.35. The Morgan fingerprint density at radius 2 is 1.80 bits per heavy atom. The van der Waals surface area contributed by atoms with Crippen molar-refractivity contribution >= 4 is 29.3 Å². The van der Waals surface area contributed by atoms with Gasteiger partial charge in [0.05, 0.1) is 0 Å². The van der Waals surface area contributed by atoms with E-state index < -0.39 is 0 Å². The summed E-state index contributed by atoms with van der Waals surface area (Å²) in [5.41, 5.74) is 3.19. The predicted octanol–water partition coefficient (Wildman–Crippen LogP) is 2.52. The Morgan fingerprint density at radius 1 is 1.15 bits per heavy atom. The zero-order chi connectivity index (χ0) is 13.4. The van der Waals surface area contributed by atoms with Crippen molar-refractivity contribution in [2.75, 3.05) is 26.2 Å². The number of rotatable bonds is 1. The van der Waals surface area contributed by atoms with Crippen LogP contribution in [0.1, 0.15) is 21.7 Å². The Morgan fingerprint density at radius 3 is 2.50 bits per heavy atom. The highest BCUT2D eigenvalue weighted by molar-refractivity contribution is 5.96. The molecule has 1 aromatic carbocycles. The predicted molar refractivity (Wildman–Crippen MR) is 81.7 cm³/mol. The summed E-state index contributed by atoms with van der Waals surface area (Å²) in [6.07, 6.45) is 0. The van der Waals surface area contributed by atoms with Crippen LogP contribution in [0.5, 0.6) is 0 Å². The van der Waals surface area contributed by atoms with E-state index in [1.807, 2.05) is 17.0 Å². The van der Waals surface area contributed by atoms with Gasteiger partial charge in [-0.1, -0.05) is 0 Å². The normalized spacial score (nSPS) is 15.2. The number of furan rings is 1. The molecule has 0 aliphatic carbocycles. The van der Waals surface area contributed by atoms with Gasteiger partial charge in [0.1, 0.15) is 5.58 Å². The van der Waals surface area contributed by atoms with E-state index in [-0.39, 0.29) is 18.3 Å². The smallest absolute Gasteiger partial charge is 0.289 e. The molecule has 5 heteroatoms. The van der Waals surface area contributed by atoms with E-state index in [1.165, 1.54) is 11.1 Å². The first-order chi connectivity index (χ1) is 9.15. The highest BCUT2D eigenvalue weighted by Gasteiger charge is 2.21. The largest absolute Gasteiger partial charge is 0.451 e. The minimum Gasteiger partial charge on any atom is -0.451 e. The molecule has 1 amide bonds. The molecule has 0 bridgehead atoms. The van der Waals surface area contributed by atoms with E-state index in [1.54, 1.807) is 0 Å². The summed E-state index contributed by atoms with van der Waals surface area (Å²) in [6.45, 7) is 7.31. The molecule has 0 atom stereocenters. The molecule has 20 heavy (non-hydrogen) atoms. The van der Waals surface area contributed by atoms with Crippen LogP contribution in [0, 0.1) is 13.8 Å². The number of carbonyl (C=O) groups is 1. The summed E-state index contributed by atoms with van der Waals surface area (Å²) in [4.78, 5) is 14.2. The van der Waals surface area contributed by atoms with Crippen LogP contribution in [-0.4, -0.2) is 37.0 Å². The molecule has 1 fully saturated rings. The fourth-order valence-electron chi connectivity index (χ4n) is 2.43. The molecular weight excluding hydrogens is 276 g/mol. The van der Waals surface area contributed by atoms with E-state index in [2.05, 4.69) is 25.2 Å². The van der Waals surface area contributed by atoms with Crippen LogP contribution < -0.4 is 5.32 Å². The molecule has 2 aromatic rings. The molecule has 0 saturated carbocycles. The molecule has 1 N–H and O–H groups in total. The van der Waals surface area contributed by atoms with Gasteiger partial charge in [-0.3, -0.25) is 4.79 Å². The second-order valence-electron chi connectivity index (χ2n) is 5.13. The number of hydrogen-bond donors (Lipinski definition) is 1. The average molecular weight is 295 g/mol. The van der Waals surface area contributed by atoms with Crippen molar-refractivity contribution in [3.8, 4) is 0 Å². The van der Waals surface area contributed by atoms with Gasteiger partial charge in [-0.25, -0.2) is 0 Å². The van der Waals surface area contributed by atoms with Gasteiger partial charge in [0.2, 0.25) is 0 Å². The van der Waals surface area contributed by atoms with Crippen molar-refractivity contribution in [1.29, 1.82) is 0 Å². The van der Waals surface area contributed by atoms with Crippen LogP contribution in [0.15, 0.2) is 22.6 Å². The van der Waals surface area contributed by atoms with E-state index in [4.69, 9.17) is 4.42 Å². The molecule has 1 aromatic heterocycles. The van der Waals surface area contributed by atoms with Crippen molar-refractivity contribution < 1.29 is 9.21 Å². The van der Waals surface area contributed by atoms with Gasteiger partial charge >= 0.3 is 0 Å².